The normalized spacial score (nSPS) is 14.2. The minimum absolute atomic E-state index is 0.0689. The first kappa shape index (κ1) is 20.4. The molecule has 0 saturated carbocycles. The highest BCUT2D eigenvalue weighted by atomic mass is 19.1. The molecule has 2 aromatic rings. The number of rotatable bonds is 5. The second-order valence-corrected chi connectivity index (χ2v) is 6.81. The molecular weight excluding hydrogens is 375 g/mol. The Morgan fingerprint density at radius 3 is 2.62 bits per heavy atom. The molecule has 0 unspecified atom stereocenters. The summed E-state index contributed by atoms with van der Waals surface area (Å²) in [5.74, 6) is 0.587. The maximum atomic E-state index is 13.4. The van der Waals surface area contributed by atoms with E-state index in [1.807, 2.05) is 18.2 Å². The monoisotopic (exact) mass is 400 g/mol. The zero-order valence-electron chi connectivity index (χ0n) is 16.3. The fourth-order valence-electron chi connectivity index (χ4n) is 3.17. The summed E-state index contributed by atoms with van der Waals surface area (Å²) in [5, 5.41) is 8.31. The van der Waals surface area contributed by atoms with Gasteiger partial charge in [-0.05, 0) is 31.0 Å². The molecule has 3 N–H and O–H groups in total. The van der Waals surface area contributed by atoms with Gasteiger partial charge in [-0.2, -0.15) is 0 Å². The molecule has 1 heterocycles. The smallest absolute Gasteiger partial charge is 0.317 e. The van der Waals surface area contributed by atoms with E-state index < -0.39 is 0 Å². The van der Waals surface area contributed by atoms with Crippen molar-refractivity contribution in [1.29, 1.82) is 0 Å². The quantitative estimate of drug-likeness (QED) is 0.721. The van der Waals surface area contributed by atoms with Crippen LogP contribution in [0.15, 0.2) is 48.5 Å². The number of benzene rings is 2. The van der Waals surface area contributed by atoms with Crippen molar-refractivity contribution in [2.75, 3.05) is 20.1 Å². The number of nitrogens with one attached hydrogen (secondary N) is 3. The van der Waals surface area contributed by atoms with Gasteiger partial charge in [0.1, 0.15) is 17.3 Å². The average Bonchev–Trinajstić information content (AvgIpc) is 2.73. The van der Waals surface area contributed by atoms with E-state index in [9.17, 15) is 14.0 Å². The lowest BCUT2D eigenvalue weighted by Crippen LogP contribution is -2.50. The van der Waals surface area contributed by atoms with E-state index in [1.165, 1.54) is 12.1 Å². The first-order valence-electron chi connectivity index (χ1n) is 9.57. The van der Waals surface area contributed by atoms with Gasteiger partial charge in [0, 0.05) is 44.4 Å². The number of halogens is 1. The Bertz CT molecular complexity index is 853. The lowest BCUT2D eigenvalue weighted by molar-refractivity contribution is 0.175. The number of carbonyl (C=O) groups is 2. The van der Waals surface area contributed by atoms with Crippen LogP contribution in [0, 0.1) is 5.82 Å². The van der Waals surface area contributed by atoms with Crippen LogP contribution in [0.3, 0.4) is 0 Å². The number of hydrogen-bond donors (Lipinski definition) is 3. The van der Waals surface area contributed by atoms with Crippen LogP contribution >= 0.6 is 0 Å². The number of urea groups is 2. The van der Waals surface area contributed by atoms with Crippen LogP contribution in [0.5, 0.6) is 11.5 Å². The lowest BCUT2D eigenvalue weighted by atomic mass is 10.1. The molecule has 7 nitrogen and oxygen atoms in total. The number of ether oxygens (including phenoxy) is 1. The van der Waals surface area contributed by atoms with Crippen LogP contribution in [-0.4, -0.2) is 43.1 Å². The van der Waals surface area contributed by atoms with Gasteiger partial charge in [0.25, 0.3) is 0 Å². The molecular formula is C21H25FN4O3. The third kappa shape index (κ3) is 5.84. The van der Waals surface area contributed by atoms with Crippen LogP contribution in [0.1, 0.15) is 18.4 Å². The van der Waals surface area contributed by atoms with Crippen molar-refractivity contribution < 1.29 is 18.7 Å². The first-order chi connectivity index (χ1) is 14.0. The van der Waals surface area contributed by atoms with Gasteiger partial charge < -0.3 is 25.6 Å². The van der Waals surface area contributed by atoms with E-state index in [0.29, 0.717) is 44.0 Å². The SMILES string of the molecule is CNC(=O)NC1CCN(C(=O)NCc2ccccc2Oc2cccc(F)c2)CC1. The van der Waals surface area contributed by atoms with Crippen molar-refractivity contribution in [1.82, 2.24) is 20.9 Å². The van der Waals surface area contributed by atoms with E-state index in [1.54, 1.807) is 30.1 Å². The fourth-order valence-corrected chi connectivity index (χ4v) is 3.17. The van der Waals surface area contributed by atoms with Gasteiger partial charge in [-0.1, -0.05) is 24.3 Å². The molecule has 0 aromatic heterocycles. The summed E-state index contributed by atoms with van der Waals surface area (Å²) >= 11 is 0. The standard InChI is InChI=1S/C21H25FN4O3/c1-23-20(27)25-17-9-11-26(12-10-17)21(28)24-14-15-5-2-3-8-19(15)29-18-7-4-6-16(22)13-18/h2-8,13,17H,9-12,14H2,1H3,(H,24,28)(H2,23,25,27). The zero-order valence-corrected chi connectivity index (χ0v) is 16.3. The Labute approximate surface area is 169 Å². The Kier molecular flexibility index (Phi) is 6.89. The molecule has 29 heavy (non-hydrogen) atoms. The molecule has 0 bridgehead atoms. The molecule has 3 rings (SSSR count). The molecule has 0 atom stereocenters. The summed E-state index contributed by atoms with van der Waals surface area (Å²) in [7, 11) is 1.58. The van der Waals surface area contributed by atoms with Crippen molar-refractivity contribution >= 4 is 12.1 Å². The van der Waals surface area contributed by atoms with E-state index in [0.717, 1.165) is 5.56 Å². The summed E-state index contributed by atoms with van der Waals surface area (Å²) < 4.78 is 19.2. The second kappa shape index (κ2) is 9.77. The van der Waals surface area contributed by atoms with Crippen LogP contribution in [0.4, 0.5) is 14.0 Å². The van der Waals surface area contributed by atoms with Crippen LogP contribution in [0.2, 0.25) is 0 Å². The molecule has 4 amide bonds. The molecule has 0 radical (unpaired) electrons. The van der Waals surface area contributed by atoms with Gasteiger partial charge >= 0.3 is 12.1 Å². The average molecular weight is 400 g/mol. The molecule has 1 aliphatic rings. The van der Waals surface area contributed by atoms with E-state index in [4.69, 9.17) is 4.74 Å². The zero-order chi connectivity index (χ0) is 20.6. The van der Waals surface area contributed by atoms with Gasteiger partial charge in [-0.3, -0.25) is 0 Å². The van der Waals surface area contributed by atoms with Crippen molar-refractivity contribution in [2.45, 2.75) is 25.4 Å². The predicted octanol–water partition coefficient (Wildman–Crippen LogP) is 3.22. The Balaban J connectivity index is 1.53. The number of para-hydroxylation sites is 1. The van der Waals surface area contributed by atoms with E-state index >= 15 is 0 Å². The topological polar surface area (TPSA) is 82.7 Å². The van der Waals surface area contributed by atoms with Crippen molar-refractivity contribution in [2.24, 2.45) is 0 Å². The van der Waals surface area contributed by atoms with Gasteiger partial charge in [0.05, 0.1) is 0 Å². The van der Waals surface area contributed by atoms with Crippen LogP contribution in [0.25, 0.3) is 0 Å². The highest BCUT2D eigenvalue weighted by molar-refractivity contribution is 5.75. The van der Waals surface area contributed by atoms with Gasteiger partial charge in [0.2, 0.25) is 0 Å². The summed E-state index contributed by atoms with van der Waals surface area (Å²) in [6, 6.07) is 12.9. The molecule has 2 aromatic carbocycles. The summed E-state index contributed by atoms with van der Waals surface area (Å²) in [6.45, 7) is 1.44. The third-order valence-electron chi connectivity index (χ3n) is 4.77. The fraction of sp³-hybridized carbons (Fsp3) is 0.333. The Hall–Kier alpha value is -3.29. The maximum absolute atomic E-state index is 13.4. The number of hydrogen-bond acceptors (Lipinski definition) is 3. The first-order valence-corrected chi connectivity index (χ1v) is 9.57. The van der Waals surface area contributed by atoms with Crippen molar-refractivity contribution in [3.8, 4) is 11.5 Å². The van der Waals surface area contributed by atoms with E-state index in [-0.39, 0.29) is 23.9 Å². The second-order valence-electron chi connectivity index (χ2n) is 6.81. The number of likely N-dealkylation sites (tertiary alicyclic amines) is 1. The number of piperidine rings is 1. The van der Waals surface area contributed by atoms with Crippen LogP contribution in [-0.2, 0) is 6.54 Å². The van der Waals surface area contributed by atoms with Crippen LogP contribution < -0.4 is 20.7 Å². The Morgan fingerprint density at radius 2 is 1.90 bits per heavy atom. The van der Waals surface area contributed by atoms with Crippen molar-refractivity contribution in [3.63, 3.8) is 0 Å². The largest absolute Gasteiger partial charge is 0.457 e. The highest BCUT2D eigenvalue weighted by Gasteiger charge is 2.23. The minimum Gasteiger partial charge on any atom is -0.457 e. The Morgan fingerprint density at radius 1 is 1.14 bits per heavy atom. The maximum Gasteiger partial charge on any atom is 0.317 e. The molecule has 0 spiro atoms. The van der Waals surface area contributed by atoms with E-state index in [2.05, 4.69) is 16.0 Å². The molecule has 1 fully saturated rings. The molecule has 1 aliphatic heterocycles. The molecule has 1 saturated heterocycles. The van der Waals surface area contributed by atoms with Gasteiger partial charge in [-0.15, -0.1) is 0 Å². The lowest BCUT2D eigenvalue weighted by Gasteiger charge is -2.32. The van der Waals surface area contributed by atoms with Crippen molar-refractivity contribution in [3.05, 3.63) is 59.9 Å². The van der Waals surface area contributed by atoms with Gasteiger partial charge in [0.15, 0.2) is 0 Å². The number of carbonyl (C=O) groups excluding carboxylic acids is 2. The number of amides is 4. The van der Waals surface area contributed by atoms with Gasteiger partial charge in [-0.25, -0.2) is 14.0 Å². The predicted molar refractivity (Wildman–Crippen MR) is 107 cm³/mol. The molecule has 154 valence electrons. The molecule has 0 aliphatic carbocycles. The minimum atomic E-state index is -0.373. The highest BCUT2D eigenvalue weighted by Crippen LogP contribution is 2.25. The summed E-state index contributed by atoms with van der Waals surface area (Å²) in [5.41, 5.74) is 0.793. The third-order valence-corrected chi connectivity index (χ3v) is 4.77. The molecule has 8 heteroatoms. The summed E-state index contributed by atoms with van der Waals surface area (Å²) in [4.78, 5) is 25.6. The number of nitrogens with zero attached hydrogens (tertiary/aromatic N) is 1. The summed E-state index contributed by atoms with van der Waals surface area (Å²) in [6.07, 6.45) is 1.42.